The zero-order valence-corrected chi connectivity index (χ0v) is 10.3. The molecule has 7 nitrogen and oxygen atoms in total. The van der Waals surface area contributed by atoms with Crippen molar-refractivity contribution in [2.24, 2.45) is 0 Å². The van der Waals surface area contributed by atoms with Crippen LogP contribution in [0.15, 0.2) is 11.1 Å². The average molecular weight is 261 g/mol. The molecule has 0 amide bonds. The van der Waals surface area contributed by atoms with Gasteiger partial charge in [0, 0.05) is 6.54 Å². The molecular weight excluding hydrogens is 246 g/mol. The second-order valence-electron chi connectivity index (χ2n) is 3.78. The molecule has 1 atom stereocenters. The lowest BCUT2D eigenvalue weighted by molar-refractivity contribution is -0.0846. The summed E-state index contributed by atoms with van der Waals surface area (Å²) in [6, 6.07) is 0. The molecule has 17 heavy (non-hydrogen) atoms. The normalized spacial score (nSPS) is 21.6. The Balaban J connectivity index is 1.96. The fraction of sp³-hybridized carbons (Fsp3) is 0.667. The molecule has 0 radical (unpaired) electrons. The summed E-state index contributed by atoms with van der Waals surface area (Å²) >= 11 is 0. The van der Waals surface area contributed by atoms with Gasteiger partial charge in [0.25, 0.3) is 0 Å². The lowest BCUT2D eigenvalue weighted by Crippen LogP contribution is -2.39. The Hall–Kier alpha value is -0.960. The molecule has 2 heterocycles. The summed E-state index contributed by atoms with van der Waals surface area (Å²) in [5.41, 5.74) is 0.512. The summed E-state index contributed by atoms with van der Waals surface area (Å²) in [4.78, 5) is 0.161. The van der Waals surface area contributed by atoms with Crippen LogP contribution in [-0.4, -0.2) is 51.1 Å². The van der Waals surface area contributed by atoms with E-state index in [0.29, 0.717) is 25.5 Å². The maximum Gasteiger partial charge on any atom is 0.244 e. The second kappa shape index (κ2) is 5.13. The Morgan fingerprint density at radius 3 is 3.00 bits per heavy atom. The van der Waals surface area contributed by atoms with E-state index in [9.17, 15) is 8.42 Å². The van der Waals surface area contributed by atoms with E-state index in [2.05, 4.69) is 14.9 Å². The van der Waals surface area contributed by atoms with Gasteiger partial charge in [0.2, 0.25) is 10.0 Å². The molecule has 8 heteroatoms. The standard InChI is InChI=1S/C9H15N3O4S/c1-7-9(5-10-12-7)17(13,14)11-4-8-6-15-2-3-16-8/h5,8,11H,2-4,6H2,1H3,(H,10,12). The van der Waals surface area contributed by atoms with Crippen molar-refractivity contribution in [1.29, 1.82) is 0 Å². The Labute approximate surface area is 99.6 Å². The van der Waals surface area contributed by atoms with Gasteiger partial charge in [0.15, 0.2) is 0 Å². The van der Waals surface area contributed by atoms with Crippen molar-refractivity contribution < 1.29 is 17.9 Å². The van der Waals surface area contributed by atoms with Gasteiger partial charge in [-0.3, -0.25) is 5.10 Å². The highest BCUT2D eigenvalue weighted by Gasteiger charge is 2.21. The van der Waals surface area contributed by atoms with E-state index in [0.717, 1.165) is 0 Å². The minimum Gasteiger partial charge on any atom is -0.376 e. The van der Waals surface area contributed by atoms with Crippen LogP contribution in [0.5, 0.6) is 0 Å². The summed E-state index contributed by atoms with van der Waals surface area (Å²) < 4.78 is 36.8. The van der Waals surface area contributed by atoms with Gasteiger partial charge < -0.3 is 9.47 Å². The lowest BCUT2D eigenvalue weighted by atomic mass is 10.3. The fourth-order valence-corrected chi connectivity index (χ4v) is 2.75. The van der Waals surface area contributed by atoms with Crippen LogP contribution >= 0.6 is 0 Å². The summed E-state index contributed by atoms with van der Waals surface area (Å²) in [6.45, 7) is 3.32. The van der Waals surface area contributed by atoms with Crippen molar-refractivity contribution >= 4 is 10.0 Å². The van der Waals surface area contributed by atoms with Crippen molar-refractivity contribution in [1.82, 2.24) is 14.9 Å². The highest BCUT2D eigenvalue weighted by atomic mass is 32.2. The van der Waals surface area contributed by atoms with E-state index >= 15 is 0 Å². The van der Waals surface area contributed by atoms with Crippen LogP contribution in [0.3, 0.4) is 0 Å². The van der Waals surface area contributed by atoms with E-state index < -0.39 is 10.0 Å². The van der Waals surface area contributed by atoms with Gasteiger partial charge >= 0.3 is 0 Å². The zero-order chi connectivity index (χ0) is 12.3. The minimum atomic E-state index is -3.53. The third-order valence-corrected chi connectivity index (χ3v) is 4.00. The number of H-pyrrole nitrogens is 1. The second-order valence-corrected chi connectivity index (χ2v) is 5.51. The molecule has 1 aliphatic rings. The SMILES string of the molecule is Cc1[nH]ncc1S(=O)(=O)NCC1COCCO1. The molecule has 0 saturated carbocycles. The number of aromatic nitrogens is 2. The van der Waals surface area contributed by atoms with Gasteiger partial charge in [-0.25, -0.2) is 13.1 Å². The highest BCUT2D eigenvalue weighted by Crippen LogP contribution is 2.11. The Bertz CT molecular complexity index is 464. The van der Waals surface area contributed by atoms with Crippen LogP contribution in [0, 0.1) is 6.92 Å². The number of aryl methyl sites for hydroxylation is 1. The first-order chi connectivity index (χ1) is 8.09. The smallest absolute Gasteiger partial charge is 0.244 e. The molecule has 1 aromatic heterocycles. The third-order valence-electron chi connectivity index (χ3n) is 2.46. The topological polar surface area (TPSA) is 93.3 Å². The molecule has 1 aliphatic heterocycles. The largest absolute Gasteiger partial charge is 0.376 e. The van der Waals surface area contributed by atoms with Crippen LogP contribution in [0.25, 0.3) is 0 Å². The Morgan fingerprint density at radius 2 is 2.41 bits per heavy atom. The van der Waals surface area contributed by atoms with Gasteiger partial charge in [0.1, 0.15) is 4.90 Å². The van der Waals surface area contributed by atoms with Crippen LogP contribution < -0.4 is 4.72 Å². The van der Waals surface area contributed by atoms with Crippen LogP contribution in [0.1, 0.15) is 5.69 Å². The molecule has 2 N–H and O–H groups in total. The van der Waals surface area contributed by atoms with Gasteiger partial charge in [-0.15, -0.1) is 0 Å². The van der Waals surface area contributed by atoms with E-state index in [-0.39, 0.29) is 17.5 Å². The van der Waals surface area contributed by atoms with E-state index in [1.807, 2.05) is 0 Å². The van der Waals surface area contributed by atoms with Crippen molar-refractivity contribution in [3.63, 3.8) is 0 Å². The molecule has 1 saturated heterocycles. The quantitative estimate of drug-likeness (QED) is 0.755. The maximum absolute atomic E-state index is 11.9. The molecule has 1 aromatic rings. The van der Waals surface area contributed by atoms with Crippen molar-refractivity contribution in [3.8, 4) is 0 Å². The molecule has 1 fully saturated rings. The minimum absolute atomic E-state index is 0.161. The molecule has 96 valence electrons. The molecule has 2 rings (SSSR count). The zero-order valence-electron chi connectivity index (χ0n) is 9.47. The van der Waals surface area contributed by atoms with E-state index in [1.54, 1.807) is 6.92 Å². The number of hydrogen-bond donors (Lipinski definition) is 2. The maximum atomic E-state index is 11.9. The van der Waals surface area contributed by atoms with Crippen LogP contribution in [0.2, 0.25) is 0 Å². The molecule has 0 aliphatic carbocycles. The third kappa shape index (κ3) is 3.03. The fourth-order valence-electron chi connectivity index (χ4n) is 1.55. The van der Waals surface area contributed by atoms with E-state index in [4.69, 9.17) is 9.47 Å². The van der Waals surface area contributed by atoms with Gasteiger partial charge in [-0.05, 0) is 6.92 Å². The van der Waals surface area contributed by atoms with Gasteiger partial charge in [-0.1, -0.05) is 0 Å². The van der Waals surface area contributed by atoms with Crippen molar-refractivity contribution in [2.45, 2.75) is 17.9 Å². The van der Waals surface area contributed by atoms with Crippen LogP contribution in [-0.2, 0) is 19.5 Å². The first-order valence-corrected chi connectivity index (χ1v) is 6.77. The van der Waals surface area contributed by atoms with Gasteiger partial charge in [0.05, 0.1) is 37.8 Å². The number of ether oxygens (including phenoxy) is 2. The first kappa shape index (κ1) is 12.5. The molecule has 1 unspecified atom stereocenters. The first-order valence-electron chi connectivity index (χ1n) is 5.28. The summed E-state index contributed by atoms with van der Waals surface area (Å²) in [6.07, 6.45) is 1.06. The summed E-state index contributed by atoms with van der Waals surface area (Å²) in [7, 11) is -3.53. The number of nitrogens with zero attached hydrogens (tertiary/aromatic N) is 1. The number of nitrogens with one attached hydrogen (secondary N) is 2. The summed E-state index contributed by atoms with van der Waals surface area (Å²) in [5, 5.41) is 6.27. The van der Waals surface area contributed by atoms with E-state index in [1.165, 1.54) is 6.20 Å². The van der Waals surface area contributed by atoms with Gasteiger partial charge in [-0.2, -0.15) is 5.10 Å². The molecule has 0 aromatic carbocycles. The van der Waals surface area contributed by atoms with Crippen molar-refractivity contribution in [3.05, 3.63) is 11.9 Å². The number of hydrogen-bond acceptors (Lipinski definition) is 5. The highest BCUT2D eigenvalue weighted by molar-refractivity contribution is 7.89. The Morgan fingerprint density at radius 1 is 1.59 bits per heavy atom. The number of rotatable bonds is 4. The monoisotopic (exact) mass is 261 g/mol. The average Bonchev–Trinajstić information content (AvgIpc) is 2.75. The Kier molecular flexibility index (Phi) is 3.77. The molecule has 0 bridgehead atoms. The molecule has 0 spiro atoms. The summed E-state index contributed by atoms with van der Waals surface area (Å²) in [5.74, 6) is 0. The number of aromatic amines is 1. The lowest BCUT2D eigenvalue weighted by Gasteiger charge is -2.22. The van der Waals surface area contributed by atoms with Crippen LogP contribution in [0.4, 0.5) is 0 Å². The molecular formula is C9H15N3O4S. The van der Waals surface area contributed by atoms with Crippen molar-refractivity contribution in [2.75, 3.05) is 26.4 Å². The predicted molar refractivity (Wildman–Crippen MR) is 59.1 cm³/mol. The predicted octanol–water partition coefficient (Wildman–Crippen LogP) is -0.588. The number of sulfonamides is 1.